The van der Waals surface area contributed by atoms with E-state index in [4.69, 9.17) is 38.3 Å². The van der Waals surface area contributed by atoms with Gasteiger partial charge in [-0.15, -0.1) is 0 Å². The maximum atomic E-state index is 14.5. The molecule has 1 aliphatic heterocycles. The van der Waals surface area contributed by atoms with E-state index in [0.717, 1.165) is 10.8 Å². The van der Waals surface area contributed by atoms with Crippen molar-refractivity contribution in [1.82, 2.24) is 9.55 Å². The summed E-state index contributed by atoms with van der Waals surface area (Å²) in [5, 5.41) is 19.3. The van der Waals surface area contributed by atoms with Crippen molar-refractivity contribution in [2.45, 2.75) is 24.3 Å². The minimum absolute atomic E-state index is 0.282. The summed E-state index contributed by atoms with van der Waals surface area (Å²) < 4.78 is 34.5. The lowest BCUT2D eigenvalue weighted by molar-refractivity contribution is -0.204. The average Bonchev–Trinajstić information content (AvgIpc) is 2.65. The van der Waals surface area contributed by atoms with Crippen molar-refractivity contribution < 1.29 is 38.2 Å². The molecular weight excluding hydrogens is 382 g/mol. The lowest BCUT2D eigenvalue weighted by Crippen LogP contribution is -2.42. The summed E-state index contributed by atoms with van der Waals surface area (Å²) in [6.07, 6.45) is -4.74. The topological polar surface area (TPSA) is 154 Å². The molecule has 0 spiro atoms. The van der Waals surface area contributed by atoms with Crippen molar-refractivity contribution in [3.63, 3.8) is 0 Å². The van der Waals surface area contributed by atoms with Gasteiger partial charge < -0.3 is 24.7 Å². The lowest BCUT2D eigenvalue weighted by Gasteiger charge is -2.23. The van der Waals surface area contributed by atoms with Crippen molar-refractivity contribution in [2.75, 3.05) is 6.61 Å². The molecule has 2 rings (SSSR count). The van der Waals surface area contributed by atoms with Crippen LogP contribution in [0.5, 0.6) is 0 Å². The van der Waals surface area contributed by atoms with E-state index in [1.54, 1.807) is 0 Å². The molecule has 10 nitrogen and oxygen atoms in total. The Hall–Kier alpha value is -0.690. The van der Waals surface area contributed by atoms with Crippen LogP contribution in [0.2, 0.25) is 5.02 Å². The first kappa shape index (κ1) is 18.6. The van der Waals surface area contributed by atoms with E-state index in [0.29, 0.717) is 0 Å². The Morgan fingerprint density at radius 3 is 2.74 bits per heavy atom. The SMILES string of the molecule is O=c1[nH]c(=S)n([C@@H]2O[C@](F)(COP(=O)(O)O)[C@@H](O)[C@H]2O)cc1Cl. The first-order valence-corrected chi connectivity index (χ1v) is 8.20. The number of aliphatic hydroxyl groups excluding tert-OH is 2. The molecule has 0 bridgehead atoms. The number of halogens is 2. The predicted molar refractivity (Wildman–Crippen MR) is 74.9 cm³/mol. The van der Waals surface area contributed by atoms with E-state index >= 15 is 0 Å². The van der Waals surface area contributed by atoms with Crippen LogP contribution in [0.15, 0.2) is 11.0 Å². The number of nitrogens with one attached hydrogen (secondary N) is 1. The van der Waals surface area contributed by atoms with E-state index in [9.17, 15) is 24.0 Å². The van der Waals surface area contributed by atoms with Gasteiger partial charge in [0.15, 0.2) is 11.0 Å². The predicted octanol–water partition coefficient (Wildman–Crippen LogP) is -0.415. The Kier molecular flexibility index (Phi) is 5.12. The molecule has 14 heteroatoms. The second-order valence-corrected chi connectivity index (χ2v) is 6.67. The Morgan fingerprint density at radius 2 is 2.17 bits per heavy atom. The fraction of sp³-hybridized carbons (Fsp3) is 0.556. The molecule has 130 valence electrons. The van der Waals surface area contributed by atoms with E-state index in [-0.39, 0.29) is 9.79 Å². The van der Waals surface area contributed by atoms with Crippen molar-refractivity contribution in [1.29, 1.82) is 0 Å². The van der Waals surface area contributed by atoms with Gasteiger partial charge in [0.25, 0.3) is 11.4 Å². The number of nitrogens with zero attached hydrogens (tertiary/aromatic N) is 1. The maximum Gasteiger partial charge on any atom is 0.469 e. The average molecular weight is 393 g/mol. The number of hydrogen-bond acceptors (Lipinski definition) is 7. The van der Waals surface area contributed by atoms with Crippen LogP contribution in [0.3, 0.4) is 0 Å². The molecule has 1 saturated heterocycles. The molecule has 0 aliphatic carbocycles. The second kappa shape index (κ2) is 6.31. The van der Waals surface area contributed by atoms with Crippen LogP contribution in [-0.2, 0) is 13.8 Å². The van der Waals surface area contributed by atoms with Gasteiger partial charge in [-0.2, -0.15) is 0 Å². The van der Waals surface area contributed by atoms with Crippen LogP contribution >= 0.6 is 31.6 Å². The number of hydrogen-bond donors (Lipinski definition) is 5. The Labute approximate surface area is 137 Å². The number of phosphoric ester groups is 1. The second-order valence-electron chi connectivity index (χ2n) is 4.64. The Bertz CT molecular complexity index is 767. The minimum atomic E-state index is -5.03. The third-order valence-corrected chi connectivity index (χ3v) is 4.05. The van der Waals surface area contributed by atoms with Crippen LogP contribution in [0.25, 0.3) is 0 Å². The van der Waals surface area contributed by atoms with Gasteiger partial charge in [0, 0.05) is 6.20 Å². The molecule has 0 radical (unpaired) electrons. The lowest BCUT2D eigenvalue weighted by atomic mass is 10.1. The van der Waals surface area contributed by atoms with E-state index in [1.165, 1.54) is 0 Å². The molecule has 5 N–H and O–H groups in total. The van der Waals surface area contributed by atoms with Gasteiger partial charge in [0.05, 0.1) is 0 Å². The Balaban J connectivity index is 2.33. The normalized spacial score (nSPS) is 31.5. The van der Waals surface area contributed by atoms with Gasteiger partial charge in [-0.1, -0.05) is 11.6 Å². The molecule has 0 unspecified atom stereocenters. The summed E-state index contributed by atoms with van der Waals surface area (Å²) in [7, 11) is -5.03. The van der Waals surface area contributed by atoms with Gasteiger partial charge in [-0.25, -0.2) is 8.96 Å². The van der Waals surface area contributed by atoms with Crippen LogP contribution in [0.1, 0.15) is 6.23 Å². The van der Waals surface area contributed by atoms with E-state index in [2.05, 4.69) is 9.51 Å². The summed E-state index contributed by atoms with van der Waals surface area (Å²) >= 11 is 10.4. The molecule has 1 fully saturated rings. The van der Waals surface area contributed by atoms with Crippen LogP contribution in [-0.4, -0.2) is 54.2 Å². The number of ether oxygens (including phenoxy) is 1. The van der Waals surface area contributed by atoms with Crippen molar-refractivity contribution in [2.24, 2.45) is 0 Å². The molecule has 1 aromatic rings. The highest BCUT2D eigenvalue weighted by Crippen LogP contribution is 2.43. The molecule has 4 atom stereocenters. The molecule has 1 aliphatic rings. The zero-order valence-electron chi connectivity index (χ0n) is 11.0. The monoisotopic (exact) mass is 392 g/mol. The molecule has 0 saturated carbocycles. The summed E-state index contributed by atoms with van der Waals surface area (Å²) in [5.74, 6) is -3.12. The standard InChI is InChI=1S/C9H11ClFN2O8PS/c10-3-1-13(8(23)12-6(3)16)7-4(14)5(15)9(11,21-7)2-20-22(17,18)19/h1,4-5,7,14-15H,2H2,(H,12,16,23)(H2,17,18,19)/t4-,5+,7-,9-/m1/s1. The molecule has 2 heterocycles. The van der Waals surface area contributed by atoms with Crippen molar-refractivity contribution in [3.8, 4) is 0 Å². The Morgan fingerprint density at radius 1 is 1.57 bits per heavy atom. The summed E-state index contributed by atoms with van der Waals surface area (Å²) in [5.41, 5.74) is -0.725. The highest BCUT2D eigenvalue weighted by Gasteiger charge is 2.57. The quantitative estimate of drug-likeness (QED) is 0.339. The first-order valence-electron chi connectivity index (χ1n) is 5.88. The number of aliphatic hydroxyl groups is 2. The number of H-pyrrole nitrogens is 1. The van der Waals surface area contributed by atoms with Gasteiger partial charge in [0.2, 0.25) is 0 Å². The fourth-order valence-electron chi connectivity index (χ4n) is 1.91. The van der Waals surface area contributed by atoms with Gasteiger partial charge in [0.1, 0.15) is 23.8 Å². The number of phosphoric acid groups is 1. The molecule has 23 heavy (non-hydrogen) atoms. The van der Waals surface area contributed by atoms with Gasteiger partial charge in [-0.05, 0) is 12.2 Å². The van der Waals surface area contributed by atoms with Crippen molar-refractivity contribution >= 4 is 31.6 Å². The van der Waals surface area contributed by atoms with Gasteiger partial charge >= 0.3 is 7.82 Å². The minimum Gasteiger partial charge on any atom is -0.385 e. The van der Waals surface area contributed by atoms with Gasteiger partial charge in [-0.3, -0.25) is 18.9 Å². The first-order chi connectivity index (χ1) is 10.4. The number of alkyl halides is 1. The molecule has 0 amide bonds. The highest BCUT2D eigenvalue weighted by atomic mass is 35.5. The van der Waals surface area contributed by atoms with Crippen molar-refractivity contribution in [3.05, 3.63) is 26.3 Å². The molecular formula is C9H11ClFN2O8PS. The summed E-state index contributed by atoms with van der Waals surface area (Å²) in [6, 6.07) is 0. The zero-order chi connectivity index (χ0) is 17.6. The summed E-state index contributed by atoms with van der Waals surface area (Å²) in [6.45, 7) is -1.35. The summed E-state index contributed by atoms with van der Waals surface area (Å²) in [4.78, 5) is 30.6. The molecule has 0 aromatic carbocycles. The third kappa shape index (κ3) is 3.87. The van der Waals surface area contributed by atoms with E-state index in [1.807, 2.05) is 0 Å². The smallest absolute Gasteiger partial charge is 0.385 e. The van der Waals surface area contributed by atoms with Crippen LogP contribution in [0.4, 0.5) is 4.39 Å². The van der Waals surface area contributed by atoms with E-state index < -0.39 is 44.3 Å². The largest absolute Gasteiger partial charge is 0.469 e. The number of aromatic nitrogens is 2. The van der Waals surface area contributed by atoms with Crippen LogP contribution in [0, 0.1) is 4.77 Å². The zero-order valence-corrected chi connectivity index (χ0v) is 13.5. The molecule has 1 aromatic heterocycles. The highest BCUT2D eigenvalue weighted by molar-refractivity contribution is 7.71. The number of rotatable bonds is 4. The fourth-order valence-corrected chi connectivity index (χ4v) is 2.66. The third-order valence-electron chi connectivity index (χ3n) is 3.00. The van der Waals surface area contributed by atoms with Crippen LogP contribution < -0.4 is 5.56 Å². The maximum absolute atomic E-state index is 14.5. The number of aromatic amines is 1.